The maximum atomic E-state index is 11.4. The molecule has 2 aromatic rings. The van der Waals surface area contributed by atoms with Gasteiger partial charge in [0.1, 0.15) is 0 Å². The van der Waals surface area contributed by atoms with Crippen LogP contribution in [0.3, 0.4) is 0 Å². The summed E-state index contributed by atoms with van der Waals surface area (Å²) < 4.78 is 0. The van der Waals surface area contributed by atoms with Crippen molar-refractivity contribution < 1.29 is 9.90 Å². The van der Waals surface area contributed by atoms with Gasteiger partial charge in [0.05, 0.1) is 17.0 Å². The van der Waals surface area contributed by atoms with E-state index in [1.54, 1.807) is 11.3 Å². The van der Waals surface area contributed by atoms with Crippen molar-refractivity contribution in [1.82, 2.24) is 4.98 Å². The molecule has 3 rings (SSSR count). The van der Waals surface area contributed by atoms with Crippen LogP contribution in [0.5, 0.6) is 0 Å². The molecule has 0 spiro atoms. The molecule has 0 aromatic carbocycles. The van der Waals surface area contributed by atoms with Crippen LogP contribution >= 0.6 is 11.3 Å². The standard InChI is InChI=1S/C15H15NO2S/c1-8(2)13-11(15(17)18)7-9-3-4-12-10(5-6-19-12)14(9)16-13/h5-8H,3-4H2,1-2H3,(H,17,18). The molecule has 1 aliphatic carbocycles. The largest absolute Gasteiger partial charge is 0.478 e. The summed E-state index contributed by atoms with van der Waals surface area (Å²) in [6.07, 6.45) is 1.87. The monoisotopic (exact) mass is 273 g/mol. The van der Waals surface area contributed by atoms with Gasteiger partial charge in [-0.3, -0.25) is 4.98 Å². The Labute approximate surface area is 115 Å². The number of hydrogen-bond acceptors (Lipinski definition) is 3. The molecule has 2 heterocycles. The molecule has 2 aromatic heterocycles. The van der Waals surface area contributed by atoms with Crippen LogP contribution in [0.1, 0.15) is 46.3 Å². The van der Waals surface area contributed by atoms with Crippen LogP contribution in [0.4, 0.5) is 0 Å². The molecule has 0 fully saturated rings. The predicted octanol–water partition coefficient (Wildman–Crippen LogP) is 3.73. The van der Waals surface area contributed by atoms with Gasteiger partial charge < -0.3 is 5.11 Å². The molecule has 19 heavy (non-hydrogen) atoms. The second kappa shape index (κ2) is 4.46. The smallest absolute Gasteiger partial charge is 0.337 e. The second-order valence-corrected chi connectivity index (χ2v) is 6.15. The second-order valence-electron chi connectivity index (χ2n) is 5.15. The highest BCUT2D eigenvalue weighted by atomic mass is 32.1. The highest BCUT2D eigenvalue weighted by Crippen LogP contribution is 2.37. The Morgan fingerprint density at radius 3 is 2.89 bits per heavy atom. The van der Waals surface area contributed by atoms with E-state index in [0.717, 1.165) is 24.1 Å². The third-order valence-electron chi connectivity index (χ3n) is 3.53. The molecule has 0 bridgehead atoms. The maximum Gasteiger partial charge on any atom is 0.337 e. The Morgan fingerprint density at radius 2 is 2.21 bits per heavy atom. The van der Waals surface area contributed by atoms with E-state index in [4.69, 9.17) is 0 Å². The normalized spacial score (nSPS) is 13.2. The first-order valence-corrected chi connectivity index (χ1v) is 7.29. The lowest BCUT2D eigenvalue weighted by molar-refractivity contribution is 0.0694. The van der Waals surface area contributed by atoms with Crippen LogP contribution in [0.2, 0.25) is 0 Å². The number of carboxylic acid groups (broad SMARTS) is 1. The van der Waals surface area contributed by atoms with E-state index in [0.29, 0.717) is 11.3 Å². The molecule has 0 amide bonds. The predicted molar refractivity (Wildman–Crippen MR) is 76.0 cm³/mol. The van der Waals surface area contributed by atoms with Gasteiger partial charge in [0, 0.05) is 10.4 Å². The lowest BCUT2D eigenvalue weighted by Gasteiger charge is -2.19. The van der Waals surface area contributed by atoms with Crippen molar-refractivity contribution in [1.29, 1.82) is 0 Å². The summed E-state index contributed by atoms with van der Waals surface area (Å²) in [6.45, 7) is 3.97. The number of pyridine rings is 1. The number of thiophene rings is 1. The lowest BCUT2D eigenvalue weighted by atomic mass is 9.91. The van der Waals surface area contributed by atoms with Crippen LogP contribution in [-0.4, -0.2) is 16.1 Å². The zero-order valence-electron chi connectivity index (χ0n) is 10.9. The summed E-state index contributed by atoms with van der Waals surface area (Å²) in [5.41, 5.74) is 4.27. The number of hydrogen-bond donors (Lipinski definition) is 1. The molecule has 0 unspecified atom stereocenters. The minimum Gasteiger partial charge on any atom is -0.478 e. The number of aromatic nitrogens is 1. The van der Waals surface area contributed by atoms with Crippen LogP contribution in [-0.2, 0) is 12.8 Å². The molecule has 4 heteroatoms. The van der Waals surface area contributed by atoms with Gasteiger partial charge in [0.25, 0.3) is 0 Å². The maximum absolute atomic E-state index is 11.4. The van der Waals surface area contributed by atoms with Gasteiger partial charge in [0.2, 0.25) is 0 Å². The first-order chi connectivity index (χ1) is 9.08. The van der Waals surface area contributed by atoms with Crippen LogP contribution in [0.15, 0.2) is 17.5 Å². The van der Waals surface area contributed by atoms with E-state index in [1.807, 2.05) is 19.9 Å². The van der Waals surface area contributed by atoms with Crippen LogP contribution < -0.4 is 0 Å². The van der Waals surface area contributed by atoms with Crippen LogP contribution in [0, 0.1) is 0 Å². The van der Waals surface area contributed by atoms with Crippen molar-refractivity contribution in [2.75, 3.05) is 0 Å². The Balaban J connectivity index is 2.25. The summed E-state index contributed by atoms with van der Waals surface area (Å²) in [5.74, 6) is -0.768. The Kier molecular flexibility index (Phi) is 2.90. The molecule has 3 nitrogen and oxygen atoms in total. The van der Waals surface area contributed by atoms with Gasteiger partial charge in [-0.25, -0.2) is 4.79 Å². The molecular formula is C15H15NO2S. The van der Waals surface area contributed by atoms with Crippen molar-refractivity contribution in [2.24, 2.45) is 0 Å². The van der Waals surface area contributed by atoms with E-state index >= 15 is 0 Å². The Morgan fingerprint density at radius 1 is 1.42 bits per heavy atom. The van der Waals surface area contributed by atoms with Gasteiger partial charge in [-0.2, -0.15) is 0 Å². The molecule has 0 saturated heterocycles. The fourth-order valence-corrected chi connectivity index (χ4v) is 3.48. The SMILES string of the molecule is CC(C)c1nc2c(cc1C(=O)O)CCc1sccc1-2. The Bertz CT molecular complexity index is 658. The summed E-state index contributed by atoms with van der Waals surface area (Å²) in [5, 5.41) is 11.4. The topological polar surface area (TPSA) is 50.2 Å². The van der Waals surface area contributed by atoms with Crippen molar-refractivity contribution in [2.45, 2.75) is 32.6 Å². The van der Waals surface area contributed by atoms with Gasteiger partial charge >= 0.3 is 5.97 Å². The first kappa shape index (κ1) is 12.4. The van der Waals surface area contributed by atoms with Gasteiger partial charge in [0.15, 0.2) is 0 Å². The number of aryl methyl sites for hydroxylation is 2. The van der Waals surface area contributed by atoms with E-state index in [-0.39, 0.29) is 5.92 Å². The average molecular weight is 273 g/mol. The van der Waals surface area contributed by atoms with E-state index < -0.39 is 5.97 Å². The summed E-state index contributed by atoms with van der Waals surface area (Å²) in [7, 11) is 0. The van der Waals surface area contributed by atoms with Crippen molar-refractivity contribution in [3.8, 4) is 11.3 Å². The quantitative estimate of drug-likeness (QED) is 0.907. The Hall–Kier alpha value is -1.68. The molecule has 98 valence electrons. The van der Waals surface area contributed by atoms with E-state index in [9.17, 15) is 9.90 Å². The lowest BCUT2D eigenvalue weighted by Crippen LogP contribution is -2.12. The average Bonchev–Trinajstić information content (AvgIpc) is 2.85. The highest BCUT2D eigenvalue weighted by molar-refractivity contribution is 7.10. The van der Waals surface area contributed by atoms with Crippen molar-refractivity contribution >= 4 is 17.3 Å². The van der Waals surface area contributed by atoms with Crippen molar-refractivity contribution in [3.63, 3.8) is 0 Å². The summed E-state index contributed by atoms with van der Waals surface area (Å²) in [6, 6.07) is 3.91. The minimum atomic E-state index is -0.880. The molecule has 0 radical (unpaired) electrons. The van der Waals surface area contributed by atoms with Gasteiger partial charge in [-0.05, 0) is 41.8 Å². The van der Waals surface area contributed by atoms with Gasteiger partial charge in [-0.15, -0.1) is 11.3 Å². The molecule has 0 saturated carbocycles. The molecule has 0 aliphatic heterocycles. The molecular weight excluding hydrogens is 258 g/mol. The van der Waals surface area contributed by atoms with Gasteiger partial charge in [-0.1, -0.05) is 13.8 Å². The number of rotatable bonds is 2. The number of aromatic carboxylic acids is 1. The third kappa shape index (κ3) is 1.96. The molecule has 1 aliphatic rings. The fourth-order valence-electron chi connectivity index (χ4n) is 2.60. The molecule has 0 atom stereocenters. The third-order valence-corrected chi connectivity index (χ3v) is 4.51. The zero-order valence-corrected chi connectivity index (χ0v) is 11.8. The number of carbonyl (C=O) groups is 1. The van der Waals surface area contributed by atoms with Crippen LogP contribution in [0.25, 0.3) is 11.3 Å². The first-order valence-electron chi connectivity index (χ1n) is 6.41. The molecule has 1 N–H and O–H groups in total. The van der Waals surface area contributed by atoms with E-state index in [1.165, 1.54) is 10.4 Å². The highest BCUT2D eigenvalue weighted by Gasteiger charge is 2.23. The summed E-state index contributed by atoms with van der Waals surface area (Å²) >= 11 is 1.76. The minimum absolute atomic E-state index is 0.111. The number of fused-ring (bicyclic) bond motifs is 3. The summed E-state index contributed by atoms with van der Waals surface area (Å²) in [4.78, 5) is 17.4. The zero-order chi connectivity index (χ0) is 13.6. The number of carboxylic acids is 1. The van der Waals surface area contributed by atoms with E-state index in [2.05, 4.69) is 16.4 Å². The fraction of sp³-hybridized carbons (Fsp3) is 0.333. The van der Waals surface area contributed by atoms with Crippen molar-refractivity contribution in [3.05, 3.63) is 39.2 Å². The number of nitrogens with zero attached hydrogens (tertiary/aromatic N) is 1.